The van der Waals surface area contributed by atoms with Crippen LogP contribution in [0.15, 0.2) is 42.5 Å². The number of thioether (sulfide) groups is 1. The summed E-state index contributed by atoms with van der Waals surface area (Å²) in [7, 11) is 0. The van der Waals surface area contributed by atoms with E-state index in [0.717, 1.165) is 36.8 Å². The molecular formula is C26H32ClFN2O2S. The van der Waals surface area contributed by atoms with Gasteiger partial charge in [-0.3, -0.25) is 9.59 Å². The average molecular weight is 491 g/mol. The van der Waals surface area contributed by atoms with Gasteiger partial charge in [-0.15, -0.1) is 11.8 Å². The van der Waals surface area contributed by atoms with Gasteiger partial charge in [-0.1, -0.05) is 67.3 Å². The molecule has 2 aromatic rings. The number of hydrogen-bond donors (Lipinski definition) is 1. The van der Waals surface area contributed by atoms with Gasteiger partial charge in [0, 0.05) is 28.9 Å². The quantitative estimate of drug-likeness (QED) is 0.452. The van der Waals surface area contributed by atoms with Gasteiger partial charge in [0.2, 0.25) is 11.8 Å². The molecule has 1 aliphatic rings. The van der Waals surface area contributed by atoms with E-state index in [1.807, 2.05) is 38.1 Å². The van der Waals surface area contributed by atoms with Crippen molar-refractivity contribution in [1.82, 2.24) is 10.2 Å². The van der Waals surface area contributed by atoms with Crippen molar-refractivity contribution >= 4 is 35.2 Å². The Bertz CT molecular complexity index is 928. The molecular weight excluding hydrogens is 459 g/mol. The number of benzene rings is 2. The molecule has 1 atom stereocenters. The van der Waals surface area contributed by atoms with E-state index in [9.17, 15) is 14.0 Å². The van der Waals surface area contributed by atoms with Gasteiger partial charge in [-0.05, 0) is 43.9 Å². The number of carbonyl (C=O) groups excluding carboxylic acids is 2. The molecule has 3 rings (SSSR count). The molecule has 4 nitrogen and oxygen atoms in total. The zero-order chi connectivity index (χ0) is 23.8. The lowest BCUT2D eigenvalue weighted by atomic mass is 10.1. The van der Waals surface area contributed by atoms with Gasteiger partial charge >= 0.3 is 0 Å². The van der Waals surface area contributed by atoms with Crippen LogP contribution in [-0.2, 0) is 21.9 Å². The lowest BCUT2D eigenvalue weighted by molar-refractivity contribution is -0.139. The molecule has 0 bridgehead atoms. The fourth-order valence-corrected chi connectivity index (χ4v) is 5.42. The Morgan fingerprint density at radius 3 is 2.52 bits per heavy atom. The van der Waals surface area contributed by atoms with E-state index in [4.69, 9.17) is 11.6 Å². The summed E-state index contributed by atoms with van der Waals surface area (Å²) in [5.74, 6) is -0.167. The summed E-state index contributed by atoms with van der Waals surface area (Å²) in [4.78, 5) is 28.1. The highest BCUT2D eigenvalue weighted by molar-refractivity contribution is 7.99. The van der Waals surface area contributed by atoms with Gasteiger partial charge in [0.15, 0.2) is 0 Å². The second-order valence-electron chi connectivity index (χ2n) is 8.61. The lowest BCUT2D eigenvalue weighted by Crippen LogP contribution is -2.51. The monoisotopic (exact) mass is 490 g/mol. The van der Waals surface area contributed by atoms with Gasteiger partial charge in [0.1, 0.15) is 11.9 Å². The summed E-state index contributed by atoms with van der Waals surface area (Å²) in [6.07, 6.45) is 4.77. The van der Waals surface area contributed by atoms with E-state index in [1.165, 1.54) is 17.8 Å². The summed E-state index contributed by atoms with van der Waals surface area (Å²) in [6.45, 7) is 4.30. The normalized spacial score (nSPS) is 14.8. The highest BCUT2D eigenvalue weighted by Gasteiger charge is 2.30. The van der Waals surface area contributed by atoms with Crippen LogP contribution in [0.25, 0.3) is 0 Å². The van der Waals surface area contributed by atoms with Crippen LogP contribution in [0.3, 0.4) is 0 Å². The molecule has 0 aromatic heterocycles. The zero-order valence-corrected chi connectivity index (χ0v) is 20.9. The molecule has 2 aromatic carbocycles. The lowest BCUT2D eigenvalue weighted by Gasteiger charge is -2.31. The Balaban J connectivity index is 1.72. The maximum absolute atomic E-state index is 14.1. The van der Waals surface area contributed by atoms with Crippen LogP contribution >= 0.6 is 23.4 Å². The molecule has 0 unspecified atom stereocenters. The predicted octanol–water partition coefficient (Wildman–Crippen LogP) is 5.89. The average Bonchev–Trinajstić information content (AvgIpc) is 3.30. The minimum Gasteiger partial charge on any atom is -0.352 e. The first-order valence-corrected chi connectivity index (χ1v) is 13.1. The predicted molar refractivity (Wildman–Crippen MR) is 134 cm³/mol. The van der Waals surface area contributed by atoms with Crippen LogP contribution in [0.5, 0.6) is 0 Å². The highest BCUT2D eigenvalue weighted by atomic mass is 35.5. The third kappa shape index (κ3) is 7.21. The van der Waals surface area contributed by atoms with E-state index >= 15 is 0 Å². The molecule has 1 fully saturated rings. The summed E-state index contributed by atoms with van der Waals surface area (Å²) >= 11 is 7.43. The second kappa shape index (κ2) is 12.4. The van der Waals surface area contributed by atoms with Crippen molar-refractivity contribution in [2.24, 2.45) is 0 Å². The van der Waals surface area contributed by atoms with Crippen LogP contribution in [-0.4, -0.2) is 34.6 Å². The SMILES string of the molecule is CC[C@H](C(=O)NC1CCCC1)N(Cc1ccc(C)cc1)C(=O)CSCc1c(F)cccc1Cl. The topological polar surface area (TPSA) is 49.4 Å². The van der Waals surface area contributed by atoms with Crippen LogP contribution in [0.1, 0.15) is 55.7 Å². The molecule has 33 heavy (non-hydrogen) atoms. The maximum Gasteiger partial charge on any atom is 0.243 e. The molecule has 1 saturated carbocycles. The van der Waals surface area contributed by atoms with Crippen LogP contribution < -0.4 is 5.32 Å². The van der Waals surface area contributed by atoms with Gasteiger partial charge in [0.25, 0.3) is 0 Å². The number of halogens is 2. The minimum absolute atomic E-state index is 0.0907. The van der Waals surface area contributed by atoms with E-state index in [1.54, 1.807) is 17.0 Å². The maximum atomic E-state index is 14.1. The second-order valence-corrected chi connectivity index (χ2v) is 10.0. The van der Waals surface area contributed by atoms with Crippen molar-refractivity contribution in [2.45, 2.75) is 70.3 Å². The summed E-state index contributed by atoms with van der Waals surface area (Å²) in [6, 6.07) is 12.2. The molecule has 0 radical (unpaired) electrons. The molecule has 1 aliphatic carbocycles. The van der Waals surface area contributed by atoms with Gasteiger partial charge in [-0.2, -0.15) is 0 Å². The van der Waals surface area contributed by atoms with Crippen molar-refractivity contribution in [3.63, 3.8) is 0 Å². The number of nitrogens with zero attached hydrogens (tertiary/aromatic N) is 1. The van der Waals surface area contributed by atoms with Crippen molar-refractivity contribution in [3.8, 4) is 0 Å². The number of amides is 2. The molecule has 0 saturated heterocycles. The molecule has 7 heteroatoms. The van der Waals surface area contributed by atoms with E-state index in [2.05, 4.69) is 5.32 Å². The summed E-state index contributed by atoms with van der Waals surface area (Å²) < 4.78 is 14.1. The smallest absolute Gasteiger partial charge is 0.243 e. The largest absolute Gasteiger partial charge is 0.352 e. The van der Waals surface area contributed by atoms with Crippen molar-refractivity contribution in [3.05, 3.63) is 70.0 Å². The molecule has 2 amide bonds. The molecule has 0 heterocycles. The van der Waals surface area contributed by atoms with Crippen molar-refractivity contribution in [2.75, 3.05) is 5.75 Å². The number of carbonyl (C=O) groups is 2. The first kappa shape index (κ1) is 25.6. The summed E-state index contributed by atoms with van der Waals surface area (Å²) in [5, 5.41) is 3.51. The van der Waals surface area contributed by atoms with Gasteiger partial charge in [0.05, 0.1) is 5.75 Å². The highest BCUT2D eigenvalue weighted by Crippen LogP contribution is 2.25. The Labute approximate surface area is 205 Å². The van der Waals surface area contributed by atoms with E-state index < -0.39 is 6.04 Å². The number of nitrogens with one attached hydrogen (secondary N) is 1. The van der Waals surface area contributed by atoms with Gasteiger partial charge < -0.3 is 10.2 Å². The van der Waals surface area contributed by atoms with Crippen molar-refractivity contribution in [1.29, 1.82) is 0 Å². The molecule has 0 aliphatic heterocycles. The van der Waals surface area contributed by atoms with E-state index in [-0.39, 0.29) is 29.4 Å². The van der Waals surface area contributed by atoms with Crippen LogP contribution in [0.4, 0.5) is 4.39 Å². The van der Waals surface area contributed by atoms with Crippen LogP contribution in [0, 0.1) is 12.7 Å². The fraction of sp³-hybridized carbons (Fsp3) is 0.462. The first-order chi connectivity index (χ1) is 15.9. The number of rotatable bonds is 10. The molecule has 1 N–H and O–H groups in total. The minimum atomic E-state index is -0.544. The Morgan fingerprint density at radius 1 is 1.18 bits per heavy atom. The standard InChI is InChI=1S/C26H32ClFN2O2S/c1-3-24(26(32)29-20-7-4-5-8-20)30(15-19-13-11-18(2)12-14-19)25(31)17-33-16-21-22(27)9-6-10-23(21)28/h6,9-14,20,24H,3-5,7-8,15-17H2,1-2H3,(H,29,32)/t24-/m1/s1. The molecule has 0 spiro atoms. The summed E-state index contributed by atoms with van der Waals surface area (Å²) in [5.41, 5.74) is 2.51. The number of hydrogen-bond acceptors (Lipinski definition) is 3. The third-order valence-electron chi connectivity index (χ3n) is 6.09. The first-order valence-electron chi connectivity index (χ1n) is 11.5. The third-order valence-corrected chi connectivity index (χ3v) is 7.39. The van der Waals surface area contributed by atoms with Crippen LogP contribution in [0.2, 0.25) is 5.02 Å². The zero-order valence-electron chi connectivity index (χ0n) is 19.3. The Morgan fingerprint density at radius 2 is 1.88 bits per heavy atom. The fourth-order valence-electron chi connectivity index (χ4n) is 4.17. The van der Waals surface area contributed by atoms with Crippen molar-refractivity contribution < 1.29 is 14.0 Å². The molecule has 178 valence electrons. The van der Waals surface area contributed by atoms with E-state index in [0.29, 0.717) is 29.3 Å². The van der Waals surface area contributed by atoms with Gasteiger partial charge in [-0.25, -0.2) is 4.39 Å². The number of aryl methyl sites for hydroxylation is 1. The Kier molecular flexibility index (Phi) is 9.63. The Hall–Kier alpha value is -2.05.